The fourth-order valence-corrected chi connectivity index (χ4v) is 3.17. The third-order valence-electron chi connectivity index (χ3n) is 4.14. The van der Waals surface area contributed by atoms with Crippen LogP contribution >= 0.6 is 24.0 Å². The molecule has 1 aliphatic rings. The fourth-order valence-electron chi connectivity index (χ4n) is 2.88. The summed E-state index contributed by atoms with van der Waals surface area (Å²) >= 11 is 6.28. The second kappa shape index (κ2) is 11.4. The Balaban J connectivity index is 0.00000312. The third kappa shape index (κ3) is 6.57. The van der Waals surface area contributed by atoms with Crippen molar-refractivity contribution in [2.45, 2.75) is 39.2 Å². The number of carbonyl (C=O) groups excluding carboxylic acids is 1. The van der Waals surface area contributed by atoms with Gasteiger partial charge in [0.25, 0.3) is 0 Å². The lowest BCUT2D eigenvalue weighted by Crippen LogP contribution is -2.36. The molecule has 1 N–H and O–H groups in total. The average molecular weight is 391 g/mol. The number of ether oxygens (including phenoxy) is 2. The lowest BCUT2D eigenvalue weighted by Gasteiger charge is -2.20. The van der Waals surface area contributed by atoms with Crippen molar-refractivity contribution < 1.29 is 14.3 Å². The Morgan fingerprint density at radius 1 is 1.28 bits per heavy atom. The van der Waals surface area contributed by atoms with E-state index in [1.165, 1.54) is 0 Å². The molecule has 7 heteroatoms. The van der Waals surface area contributed by atoms with E-state index in [0.717, 1.165) is 44.5 Å². The van der Waals surface area contributed by atoms with Crippen molar-refractivity contribution in [1.82, 2.24) is 10.2 Å². The second-order valence-electron chi connectivity index (χ2n) is 5.91. The van der Waals surface area contributed by atoms with Gasteiger partial charge < -0.3 is 19.7 Å². The van der Waals surface area contributed by atoms with Crippen LogP contribution < -0.4 is 14.8 Å². The van der Waals surface area contributed by atoms with Crippen LogP contribution in [0, 0.1) is 0 Å². The molecule has 0 saturated carbocycles. The summed E-state index contributed by atoms with van der Waals surface area (Å²) in [6, 6.07) is 3.82. The number of carbonyl (C=O) groups is 1. The van der Waals surface area contributed by atoms with E-state index in [-0.39, 0.29) is 18.3 Å². The van der Waals surface area contributed by atoms with Crippen molar-refractivity contribution in [3.63, 3.8) is 0 Å². The zero-order valence-electron chi connectivity index (χ0n) is 15.0. The topological polar surface area (TPSA) is 50.8 Å². The predicted molar refractivity (Wildman–Crippen MR) is 103 cm³/mol. The first-order valence-electron chi connectivity index (χ1n) is 8.63. The molecule has 0 bridgehead atoms. The highest BCUT2D eigenvalue weighted by Crippen LogP contribution is 2.36. The van der Waals surface area contributed by atoms with Gasteiger partial charge in [-0.2, -0.15) is 0 Å². The molecule has 1 aliphatic heterocycles. The zero-order chi connectivity index (χ0) is 17.4. The Bertz CT molecular complexity index is 555. The molecule has 1 saturated heterocycles. The van der Waals surface area contributed by atoms with E-state index in [4.69, 9.17) is 21.1 Å². The molecule has 1 heterocycles. The van der Waals surface area contributed by atoms with Crippen LogP contribution in [0.4, 0.5) is 0 Å². The highest BCUT2D eigenvalue weighted by molar-refractivity contribution is 6.32. The highest BCUT2D eigenvalue weighted by Gasteiger charge is 2.16. The minimum Gasteiger partial charge on any atom is -0.493 e. The van der Waals surface area contributed by atoms with Gasteiger partial charge in [0.05, 0.1) is 18.7 Å². The van der Waals surface area contributed by atoms with Crippen molar-refractivity contribution in [3.05, 3.63) is 22.7 Å². The highest BCUT2D eigenvalue weighted by atomic mass is 35.5. The first-order chi connectivity index (χ1) is 11.7. The molecule has 142 valence electrons. The van der Waals surface area contributed by atoms with Crippen LogP contribution in [-0.2, 0) is 11.3 Å². The molecule has 1 amide bonds. The number of halogens is 2. The molecular weight excluding hydrogens is 363 g/mol. The van der Waals surface area contributed by atoms with E-state index in [1.807, 2.05) is 24.0 Å². The number of rotatable bonds is 8. The molecule has 0 radical (unpaired) electrons. The van der Waals surface area contributed by atoms with Crippen LogP contribution in [0.5, 0.6) is 11.5 Å². The van der Waals surface area contributed by atoms with Crippen molar-refractivity contribution in [2.24, 2.45) is 0 Å². The average Bonchev–Trinajstić information content (AvgIpc) is 2.78. The zero-order valence-corrected chi connectivity index (χ0v) is 16.5. The summed E-state index contributed by atoms with van der Waals surface area (Å²) in [5, 5.41) is 3.92. The summed E-state index contributed by atoms with van der Waals surface area (Å²) in [6.45, 7) is 5.51. The summed E-state index contributed by atoms with van der Waals surface area (Å²) in [5.74, 6) is 1.50. The summed E-state index contributed by atoms with van der Waals surface area (Å²) in [4.78, 5) is 13.9. The lowest BCUT2D eigenvalue weighted by molar-refractivity contribution is -0.130. The largest absolute Gasteiger partial charge is 0.493 e. The minimum atomic E-state index is 0. The van der Waals surface area contributed by atoms with Gasteiger partial charge in [0.2, 0.25) is 5.91 Å². The summed E-state index contributed by atoms with van der Waals surface area (Å²) < 4.78 is 10.9. The van der Waals surface area contributed by atoms with Gasteiger partial charge in [-0.15, -0.1) is 12.4 Å². The summed E-state index contributed by atoms with van der Waals surface area (Å²) in [6.07, 6.45) is 3.97. The molecule has 1 fully saturated rings. The normalized spacial score (nSPS) is 14.7. The van der Waals surface area contributed by atoms with Crippen LogP contribution in [0.2, 0.25) is 5.02 Å². The quantitative estimate of drug-likeness (QED) is 0.688. The smallest absolute Gasteiger partial charge is 0.222 e. The molecule has 1 aromatic rings. The van der Waals surface area contributed by atoms with Crippen molar-refractivity contribution in [1.29, 1.82) is 0 Å². The molecule has 25 heavy (non-hydrogen) atoms. The number of likely N-dealkylation sites (tertiary alicyclic amines) is 1. The third-order valence-corrected chi connectivity index (χ3v) is 4.42. The van der Waals surface area contributed by atoms with E-state index in [1.54, 1.807) is 7.11 Å². The van der Waals surface area contributed by atoms with E-state index in [0.29, 0.717) is 36.1 Å². The summed E-state index contributed by atoms with van der Waals surface area (Å²) in [7, 11) is 1.61. The fraction of sp³-hybridized carbons (Fsp3) is 0.611. The minimum absolute atomic E-state index is 0. The molecule has 0 aliphatic carbocycles. The molecule has 1 aromatic carbocycles. The van der Waals surface area contributed by atoms with Crippen LogP contribution in [0.15, 0.2) is 12.1 Å². The van der Waals surface area contributed by atoms with Crippen molar-refractivity contribution in [3.8, 4) is 11.5 Å². The summed E-state index contributed by atoms with van der Waals surface area (Å²) in [5.41, 5.74) is 1.03. The van der Waals surface area contributed by atoms with Gasteiger partial charge in [-0.05, 0) is 37.5 Å². The Morgan fingerprint density at radius 2 is 2.08 bits per heavy atom. The van der Waals surface area contributed by atoms with Gasteiger partial charge in [-0.1, -0.05) is 18.0 Å². The number of benzene rings is 1. The first-order valence-corrected chi connectivity index (χ1v) is 9.01. The number of hydrogen-bond acceptors (Lipinski definition) is 4. The molecule has 0 atom stereocenters. The molecular formula is C18H28Cl2N2O3. The van der Waals surface area contributed by atoms with Gasteiger partial charge >= 0.3 is 0 Å². The number of hydrogen-bond donors (Lipinski definition) is 1. The van der Waals surface area contributed by atoms with Crippen LogP contribution in [0.1, 0.15) is 38.2 Å². The maximum Gasteiger partial charge on any atom is 0.222 e. The number of nitrogens with zero attached hydrogens (tertiary/aromatic N) is 1. The van der Waals surface area contributed by atoms with E-state index in [9.17, 15) is 4.79 Å². The maximum atomic E-state index is 12.0. The van der Waals surface area contributed by atoms with Crippen LogP contribution in [0.25, 0.3) is 0 Å². The SMILES string of the molecule is CCOc1c(Cl)cc(CNCCN2CCCCCC2=O)cc1OC.Cl. The number of amides is 1. The Kier molecular flexibility index (Phi) is 10.0. The number of methoxy groups -OCH3 is 1. The first kappa shape index (κ1) is 21.9. The van der Waals surface area contributed by atoms with Crippen LogP contribution in [0.3, 0.4) is 0 Å². The van der Waals surface area contributed by atoms with Gasteiger partial charge in [-0.25, -0.2) is 0 Å². The van der Waals surface area contributed by atoms with E-state index in [2.05, 4.69) is 5.32 Å². The van der Waals surface area contributed by atoms with E-state index >= 15 is 0 Å². The molecule has 5 nitrogen and oxygen atoms in total. The van der Waals surface area contributed by atoms with Gasteiger partial charge in [0, 0.05) is 32.6 Å². The Labute approximate surface area is 161 Å². The van der Waals surface area contributed by atoms with E-state index < -0.39 is 0 Å². The lowest BCUT2D eigenvalue weighted by atomic mass is 10.2. The predicted octanol–water partition coefficient (Wildman–Crippen LogP) is 3.66. The van der Waals surface area contributed by atoms with Gasteiger partial charge in [-0.3, -0.25) is 4.79 Å². The van der Waals surface area contributed by atoms with Crippen molar-refractivity contribution in [2.75, 3.05) is 33.4 Å². The number of nitrogens with one attached hydrogen (secondary N) is 1. The van der Waals surface area contributed by atoms with Crippen LogP contribution in [-0.4, -0.2) is 44.2 Å². The van der Waals surface area contributed by atoms with Gasteiger partial charge in [0.1, 0.15) is 0 Å². The maximum absolute atomic E-state index is 12.0. The second-order valence-corrected chi connectivity index (χ2v) is 6.32. The standard InChI is InChI=1S/C18H27ClN2O3.ClH/c1-3-24-18-15(19)11-14(12-16(18)23-2)13-20-8-10-21-9-6-4-5-7-17(21)22;/h11-12,20H,3-10,13H2,1-2H3;1H. The van der Waals surface area contributed by atoms with Gasteiger partial charge in [0.15, 0.2) is 11.5 Å². The van der Waals surface area contributed by atoms with Crippen molar-refractivity contribution >= 4 is 29.9 Å². The Hall–Kier alpha value is -1.17. The molecule has 2 rings (SSSR count). The monoisotopic (exact) mass is 390 g/mol. The molecule has 0 spiro atoms. The molecule has 0 aromatic heterocycles. The molecule has 0 unspecified atom stereocenters. The Morgan fingerprint density at radius 3 is 2.80 bits per heavy atom.